The van der Waals surface area contributed by atoms with Crippen LogP contribution in [0.1, 0.15) is 0 Å². The first-order valence-corrected chi connectivity index (χ1v) is 5.10. The van der Waals surface area contributed by atoms with Gasteiger partial charge in [-0.25, -0.2) is 15.0 Å². The maximum Gasteiger partial charge on any atom is 0.187 e. The summed E-state index contributed by atoms with van der Waals surface area (Å²) < 4.78 is 5.23. The van der Waals surface area contributed by atoms with Crippen LogP contribution in [0.15, 0.2) is 17.8 Å². The number of morpholine rings is 1. The number of ether oxygens (including phenoxy) is 1. The topological polar surface area (TPSA) is 50.9 Å². The van der Waals surface area contributed by atoms with Crippen molar-refractivity contribution in [3.05, 3.63) is 12.7 Å². The standard InChI is InChI=1S/C4H7NOS.C3H3N3S/c7-4-2-5-1-3(5)6-4;7-3-5-1-4-2-6-3/h3-4,7H,1-2H2;1-2H,(H,4,5,6,7). The first-order valence-electron chi connectivity index (χ1n) is 4.14. The third kappa shape index (κ3) is 2.81. The van der Waals surface area contributed by atoms with E-state index in [0.717, 1.165) is 13.1 Å². The van der Waals surface area contributed by atoms with Crippen molar-refractivity contribution < 1.29 is 4.74 Å². The van der Waals surface area contributed by atoms with Crippen molar-refractivity contribution >= 4 is 25.3 Å². The number of hydrogen-bond acceptors (Lipinski definition) is 7. The molecule has 14 heavy (non-hydrogen) atoms. The molecule has 0 spiro atoms. The first-order chi connectivity index (χ1) is 6.75. The Labute approximate surface area is 92.7 Å². The van der Waals surface area contributed by atoms with Gasteiger partial charge in [-0.3, -0.25) is 4.90 Å². The molecule has 0 aromatic carbocycles. The summed E-state index contributed by atoms with van der Waals surface area (Å²) in [4.78, 5) is 13.1. The number of rotatable bonds is 0. The highest BCUT2D eigenvalue weighted by Gasteiger charge is 2.43. The summed E-state index contributed by atoms with van der Waals surface area (Å²) in [6.45, 7) is 2.16. The summed E-state index contributed by atoms with van der Waals surface area (Å²) in [6.07, 6.45) is 3.24. The van der Waals surface area contributed by atoms with E-state index in [-0.39, 0.29) is 5.44 Å². The molecule has 0 aliphatic carbocycles. The van der Waals surface area contributed by atoms with Crippen LogP contribution in [-0.4, -0.2) is 44.6 Å². The largest absolute Gasteiger partial charge is 0.347 e. The summed E-state index contributed by atoms with van der Waals surface area (Å²) in [5.41, 5.74) is 0.193. The molecule has 5 nitrogen and oxygen atoms in total. The van der Waals surface area contributed by atoms with E-state index in [1.807, 2.05) is 0 Å². The fourth-order valence-electron chi connectivity index (χ4n) is 1.13. The molecule has 2 saturated heterocycles. The highest BCUT2D eigenvalue weighted by atomic mass is 32.1. The van der Waals surface area contributed by atoms with Crippen LogP contribution in [0.3, 0.4) is 0 Å². The second-order valence-electron chi connectivity index (χ2n) is 2.94. The summed E-state index contributed by atoms with van der Waals surface area (Å²) >= 11 is 7.94. The van der Waals surface area contributed by atoms with Gasteiger partial charge < -0.3 is 4.74 Å². The lowest BCUT2D eigenvalue weighted by molar-refractivity contribution is 0.139. The number of hydrogen-bond donors (Lipinski definition) is 2. The van der Waals surface area contributed by atoms with Gasteiger partial charge in [-0.05, 0) is 0 Å². The maximum atomic E-state index is 5.23. The lowest BCUT2D eigenvalue weighted by atomic mass is 10.7. The van der Waals surface area contributed by atoms with Crippen molar-refractivity contribution in [3.8, 4) is 0 Å². The van der Waals surface area contributed by atoms with Gasteiger partial charge in [0.1, 0.15) is 24.3 Å². The van der Waals surface area contributed by atoms with Crippen molar-refractivity contribution in [1.82, 2.24) is 19.9 Å². The van der Waals surface area contributed by atoms with Crippen molar-refractivity contribution in [2.45, 2.75) is 16.8 Å². The predicted octanol–water partition coefficient (Wildman–Crippen LogP) is 0.0745. The van der Waals surface area contributed by atoms with E-state index in [0.29, 0.717) is 11.4 Å². The minimum absolute atomic E-state index is 0.193. The molecule has 0 N–H and O–H groups in total. The molecule has 2 aliphatic rings. The zero-order chi connectivity index (χ0) is 9.97. The smallest absolute Gasteiger partial charge is 0.187 e. The SMILES string of the molecule is SC1CN2CC2O1.Sc1ncncn1. The average Bonchev–Trinajstić information content (AvgIpc) is 2.77. The molecule has 1 aromatic rings. The van der Waals surface area contributed by atoms with Crippen molar-refractivity contribution in [2.75, 3.05) is 13.1 Å². The van der Waals surface area contributed by atoms with Crippen LogP contribution in [0, 0.1) is 0 Å². The van der Waals surface area contributed by atoms with Crippen molar-refractivity contribution in [3.63, 3.8) is 0 Å². The molecule has 3 heterocycles. The van der Waals surface area contributed by atoms with Crippen molar-refractivity contribution in [1.29, 1.82) is 0 Å². The summed E-state index contributed by atoms with van der Waals surface area (Å²) in [6, 6.07) is 0. The Bertz CT molecular complexity index is 289. The fraction of sp³-hybridized carbons (Fsp3) is 0.571. The van der Waals surface area contributed by atoms with Crippen LogP contribution in [0.2, 0.25) is 0 Å². The Kier molecular flexibility index (Phi) is 3.22. The molecule has 7 heteroatoms. The van der Waals surface area contributed by atoms with E-state index in [1.54, 1.807) is 0 Å². The zero-order valence-electron chi connectivity index (χ0n) is 7.32. The minimum atomic E-state index is 0.193. The van der Waals surface area contributed by atoms with Crippen LogP contribution >= 0.6 is 25.3 Å². The number of nitrogens with zero attached hydrogens (tertiary/aromatic N) is 4. The van der Waals surface area contributed by atoms with Gasteiger partial charge >= 0.3 is 0 Å². The number of thiol groups is 2. The van der Waals surface area contributed by atoms with E-state index in [2.05, 4.69) is 45.1 Å². The monoisotopic (exact) mass is 230 g/mol. The highest BCUT2D eigenvalue weighted by Crippen LogP contribution is 2.29. The van der Waals surface area contributed by atoms with E-state index >= 15 is 0 Å². The van der Waals surface area contributed by atoms with Gasteiger partial charge in [0.05, 0.1) is 0 Å². The van der Waals surface area contributed by atoms with E-state index in [9.17, 15) is 0 Å². The molecule has 0 radical (unpaired) electrons. The third-order valence-corrected chi connectivity index (χ3v) is 2.36. The Morgan fingerprint density at radius 3 is 2.36 bits per heavy atom. The summed E-state index contributed by atoms with van der Waals surface area (Å²) in [5.74, 6) is 0. The lowest BCUT2D eigenvalue weighted by Gasteiger charge is -1.98. The molecule has 1 aromatic heterocycles. The van der Waals surface area contributed by atoms with E-state index < -0.39 is 0 Å². The number of aromatic nitrogens is 3. The second-order valence-corrected chi connectivity index (χ2v) is 3.91. The molecule has 3 rings (SSSR count). The molecule has 3 unspecified atom stereocenters. The van der Waals surface area contributed by atoms with Crippen molar-refractivity contribution in [2.24, 2.45) is 0 Å². The quantitative estimate of drug-likeness (QED) is 0.488. The van der Waals surface area contributed by atoms with Gasteiger partial charge in [0.15, 0.2) is 5.16 Å². The fourth-order valence-corrected chi connectivity index (χ4v) is 1.59. The van der Waals surface area contributed by atoms with Gasteiger partial charge in [0.25, 0.3) is 0 Å². The Morgan fingerprint density at radius 1 is 1.36 bits per heavy atom. The average molecular weight is 230 g/mol. The molecular formula is C7H10N4OS2. The molecule has 0 bridgehead atoms. The molecule has 2 fully saturated rings. The van der Waals surface area contributed by atoms with E-state index in [1.165, 1.54) is 12.7 Å². The zero-order valence-corrected chi connectivity index (χ0v) is 9.10. The molecular weight excluding hydrogens is 220 g/mol. The van der Waals surface area contributed by atoms with Gasteiger partial charge in [0, 0.05) is 13.1 Å². The summed E-state index contributed by atoms with van der Waals surface area (Å²) in [5, 5.41) is 0.454. The lowest BCUT2D eigenvalue weighted by Crippen LogP contribution is -2.07. The van der Waals surface area contributed by atoms with E-state index in [4.69, 9.17) is 4.74 Å². The van der Waals surface area contributed by atoms with Gasteiger partial charge in [-0.1, -0.05) is 0 Å². The highest BCUT2D eigenvalue weighted by molar-refractivity contribution is 7.80. The Hall–Kier alpha value is -0.370. The predicted molar refractivity (Wildman–Crippen MR) is 56.3 cm³/mol. The normalized spacial score (nSPS) is 32.9. The summed E-state index contributed by atoms with van der Waals surface area (Å²) in [7, 11) is 0. The number of fused-ring (bicyclic) bond motifs is 1. The second kappa shape index (κ2) is 4.43. The van der Waals surface area contributed by atoms with Crippen LogP contribution in [0.4, 0.5) is 0 Å². The molecule has 2 aliphatic heterocycles. The van der Waals surface area contributed by atoms with Crippen LogP contribution < -0.4 is 0 Å². The van der Waals surface area contributed by atoms with Crippen LogP contribution in [-0.2, 0) is 4.74 Å². The molecule has 0 saturated carbocycles. The maximum absolute atomic E-state index is 5.23. The van der Waals surface area contributed by atoms with Gasteiger partial charge in [-0.2, -0.15) is 0 Å². The molecule has 76 valence electrons. The van der Waals surface area contributed by atoms with Crippen LogP contribution in [0.5, 0.6) is 0 Å². The molecule has 0 amide bonds. The minimum Gasteiger partial charge on any atom is -0.347 e. The first kappa shape index (κ1) is 10.2. The van der Waals surface area contributed by atoms with Crippen LogP contribution in [0.25, 0.3) is 0 Å². The molecule has 3 atom stereocenters. The Balaban J connectivity index is 0.000000107. The van der Waals surface area contributed by atoms with Gasteiger partial charge in [0.2, 0.25) is 0 Å². The van der Waals surface area contributed by atoms with Gasteiger partial charge in [-0.15, -0.1) is 25.3 Å². The third-order valence-electron chi connectivity index (χ3n) is 1.85. The Morgan fingerprint density at radius 2 is 2.07 bits per heavy atom.